The van der Waals surface area contributed by atoms with E-state index in [1.165, 1.54) is 11.8 Å². The van der Waals surface area contributed by atoms with Gasteiger partial charge in [-0.15, -0.1) is 0 Å². The minimum absolute atomic E-state index is 0.0758. The number of hydrogen-bond donors (Lipinski definition) is 0. The van der Waals surface area contributed by atoms with Gasteiger partial charge in [0.25, 0.3) is 0 Å². The van der Waals surface area contributed by atoms with E-state index in [9.17, 15) is 9.59 Å². The monoisotopic (exact) mass is 234 g/mol. The van der Waals surface area contributed by atoms with E-state index >= 15 is 0 Å². The van der Waals surface area contributed by atoms with E-state index in [4.69, 9.17) is 4.74 Å². The summed E-state index contributed by atoms with van der Waals surface area (Å²) in [7, 11) is 0. The Morgan fingerprint density at radius 3 is 2.81 bits per heavy atom. The third-order valence-corrected chi connectivity index (χ3v) is 4.59. The third-order valence-electron chi connectivity index (χ3n) is 3.13. The fourth-order valence-corrected chi connectivity index (χ4v) is 3.66. The van der Waals surface area contributed by atoms with E-state index in [0.29, 0.717) is 18.6 Å². The van der Waals surface area contributed by atoms with Gasteiger partial charge < -0.3 is 4.74 Å². The number of aryl methyl sites for hydroxylation is 1. The van der Waals surface area contributed by atoms with Crippen LogP contribution < -0.4 is 0 Å². The maximum Gasteiger partial charge on any atom is 0.330 e. The standard InChI is InChI=1S/C12H10O3S/c1-7-3-2-4-8-9(7)10(13)12(16-8)5-6-15-11(12)14/h2-4H,5-6H2,1H3. The van der Waals surface area contributed by atoms with Crippen molar-refractivity contribution in [3.63, 3.8) is 0 Å². The summed E-state index contributed by atoms with van der Waals surface area (Å²) in [5.74, 6) is -0.453. The zero-order valence-electron chi connectivity index (χ0n) is 8.78. The van der Waals surface area contributed by atoms with E-state index in [0.717, 1.165) is 10.5 Å². The molecule has 2 aliphatic rings. The predicted molar refractivity (Wildman–Crippen MR) is 59.7 cm³/mol. The highest BCUT2D eigenvalue weighted by Crippen LogP contribution is 2.50. The van der Waals surface area contributed by atoms with Crippen molar-refractivity contribution in [3.05, 3.63) is 29.3 Å². The van der Waals surface area contributed by atoms with Crippen LogP contribution in [0.25, 0.3) is 0 Å². The average Bonchev–Trinajstić information content (AvgIpc) is 2.74. The topological polar surface area (TPSA) is 43.4 Å². The van der Waals surface area contributed by atoms with E-state index in [1.807, 2.05) is 25.1 Å². The molecule has 0 amide bonds. The molecule has 0 radical (unpaired) electrons. The van der Waals surface area contributed by atoms with Crippen LogP contribution in [0.15, 0.2) is 23.1 Å². The summed E-state index contributed by atoms with van der Waals surface area (Å²) < 4.78 is 3.97. The van der Waals surface area contributed by atoms with Crippen LogP contribution in [0.5, 0.6) is 0 Å². The number of ketones is 1. The predicted octanol–water partition coefficient (Wildman–Crippen LogP) is 1.97. The Hall–Kier alpha value is -1.29. The lowest BCUT2D eigenvalue weighted by atomic mass is 9.93. The van der Waals surface area contributed by atoms with Crippen LogP contribution in [-0.2, 0) is 9.53 Å². The van der Waals surface area contributed by atoms with Crippen molar-refractivity contribution in [1.82, 2.24) is 0 Å². The number of benzene rings is 1. The van der Waals surface area contributed by atoms with Crippen molar-refractivity contribution >= 4 is 23.5 Å². The lowest BCUT2D eigenvalue weighted by molar-refractivity contribution is -0.138. The van der Waals surface area contributed by atoms with Gasteiger partial charge in [0, 0.05) is 16.9 Å². The summed E-state index contributed by atoms with van der Waals surface area (Å²) in [6.45, 7) is 2.25. The zero-order chi connectivity index (χ0) is 11.3. The number of ether oxygens (including phenoxy) is 1. The van der Waals surface area contributed by atoms with Gasteiger partial charge in [0.05, 0.1) is 6.61 Å². The molecule has 1 aromatic rings. The lowest BCUT2D eigenvalue weighted by Crippen LogP contribution is -2.36. The molecule has 4 heteroatoms. The molecule has 3 rings (SSSR count). The molecular weight excluding hydrogens is 224 g/mol. The van der Waals surface area contributed by atoms with Crippen LogP contribution in [0.2, 0.25) is 0 Å². The molecular formula is C12H10O3S. The number of thioether (sulfide) groups is 1. The first kappa shape index (κ1) is 9.90. The molecule has 1 aromatic carbocycles. The molecule has 1 saturated heterocycles. The Kier molecular flexibility index (Phi) is 1.92. The first-order chi connectivity index (χ1) is 7.65. The van der Waals surface area contributed by atoms with Crippen molar-refractivity contribution in [3.8, 4) is 0 Å². The van der Waals surface area contributed by atoms with Gasteiger partial charge in [0.2, 0.25) is 0 Å². The van der Waals surface area contributed by atoms with Crippen LogP contribution >= 0.6 is 11.8 Å². The van der Waals surface area contributed by atoms with Crippen molar-refractivity contribution in [2.45, 2.75) is 23.0 Å². The maximum absolute atomic E-state index is 12.3. The van der Waals surface area contributed by atoms with E-state index in [1.54, 1.807) is 0 Å². The maximum atomic E-state index is 12.3. The molecule has 0 aromatic heterocycles. The number of fused-ring (bicyclic) bond motifs is 1. The van der Waals surface area contributed by atoms with Gasteiger partial charge in [-0.05, 0) is 18.6 Å². The van der Waals surface area contributed by atoms with Crippen LogP contribution in [0.1, 0.15) is 22.3 Å². The van der Waals surface area contributed by atoms with Crippen LogP contribution in [0.4, 0.5) is 0 Å². The molecule has 0 saturated carbocycles. The number of carbonyl (C=O) groups excluding carboxylic acids is 2. The minimum Gasteiger partial charge on any atom is -0.464 e. The lowest BCUT2D eigenvalue weighted by Gasteiger charge is -2.13. The highest BCUT2D eigenvalue weighted by atomic mass is 32.2. The second-order valence-corrected chi connectivity index (χ2v) is 5.43. The van der Waals surface area contributed by atoms with E-state index in [-0.39, 0.29) is 11.8 Å². The highest BCUT2D eigenvalue weighted by molar-refractivity contribution is 8.03. The number of Topliss-reactive ketones (excluding diaryl/α,β-unsaturated/α-hetero) is 1. The summed E-state index contributed by atoms with van der Waals surface area (Å²) >= 11 is 1.35. The van der Waals surface area contributed by atoms with Gasteiger partial charge in [0.15, 0.2) is 10.5 Å². The fraction of sp³-hybridized carbons (Fsp3) is 0.333. The number of cyclic esters (lactones) is 1. The summed E-state index contributed by atoms with van der Waals surface area (Å²) in [5, 5.41) is 0. The molecule has 0 bridgehead atoms. The Morgan fingerprint density at radius 2 is 2.19 bits per heavy atom. The summed E-state index contributed by atoms with van der Waals surface area (Å²) in [6, 6.07) is 5.70. The minimum atomic E-state index is -0.978. The zero-order valence-corrected chi connectivity index (χ0v) is 9.60. The number of esters is 1. The molecule has 2 aliphatic heterocycles. The molecule has 0 N–H and O–H groups in total. The fourth-order valence-electron chi connectivity index (χ4n) is 2.26. The Labute approximate surface area is 97.2 Å². The van der Waals surface area contributed by atoms with Crippen molar-refractivity contribution < 1.29 is 14.3 Å². The van der Waals surface area contributed by atoms with Crippen molar-refractivity contribution in [1.29, 1.82) is 0 Å². The van der Waals surface area contributed by atoms with Gasteiger partial charge in [-0.3, -0.25) is 9.59 Å². The second kappa shape index (κ2) is 3.10. The van der Waals surface area contributed by atoms with Crippen LogP contribution in [0.3, 0.4) is 0 Å². The largest absolute Gasteiger partial charge is 0.464 e. The molecule has 82 valence electrons. The molecule has 1 fully saturated rings. The quantitative estimate of drug-likeness (QED) is 0.508. The highest BCUT2D eigenvalue weighted by Gasteiger charge is 2.57. The number of carbonyl (C=O) groups is 2. The van der Waals surface area contributed by atoms with E-state index < -0.39 is 4.75 Å². The molecule has 1 spiro atoms. The smallest absolute Gasteiger partial charge is 0.330 e. The Balaban J connectivity index is 2.17. The van der Waals surface area contributed by atoms with Crippen molar-refractivity contribution in [2.24, 2.45) is 0 Å². The Morgan fingerprint density at radius 1 is 1.38 bits per heavy atom. The number of hydrogen-bond acceptors (Lipinski definition) is 4. The second-order valence-electron chi connectivity index (χ2n) is 4.09. The Bertz CT molecular complexity index is 509. The summed E-state index contributed by atoms with van der Waals surface area (Å²) in [5.41, 5.74) is 1.64. The van der Waals surface area contributed by atoms with Crippen LogP contribution in [0, 0.1) is 6.92 Å². The number of rotatable bonds is 0. The third kappa shape index (κ3) is 1.05. The molecule has 1 atom stereocenters. The van der Waals surface area contributed by atoms with Gasteiger partial charge >= 0.3 is 5.97 Å². The normalized spacial score (nSPS) is 27.3. The summed E-state index contributed by atoms with van der Waals surface area (Å²) in [4.78, 5) is 25.0. The summed E-state index contributed by atoms with van der Waals surface area (Å²) in [6.07, 6.45) is 0.490. The van der Waals surface area contributed by atoms with Gasteiger partial charge in [0.1, 0.15) is 0 Å². The van der Waals surface area contributed by atoms with Gasteiger partial charge in [-0.2, -0.15) is 0 Å². The first-order valence-corrected chi connectivity index (χ1v) is 5.97. The molecule has 2 heterocycles. The average molecular weight is 234 g/mol. The molecule has 1 unspecified atom stereocenters. The van der Waals surface area contributed by atoms with Crippen molar-refractivity contribution in [2.75, 3.05) is 6.61 Å². The van der Waals surface area contributed by atoms with Gasteiger partial charge in [-0.1, -0.05) is 23.9 Å². The molecule has 16 heavy (non-hydrogen) atoms. The van der Waals surface area contributed by atoms with E-state index in [2.05, 4.69) is 0 Å². The molecule has 3 nitrogen and oxygen atoms in total. The molecule has 0 aliphatic carbocycles. The SMILES string of the molecule is Cc1cccc2c1C(=O)C1(CCOC1=O)S2. The van der Waals surface area contributed by atoms with Crippen LogP contribution in [-0.4, -0.2) is 23.1 Å². The van der Waals surface area contributed by atoms with Gasteiger partial charge in [-0.25, -0.2) is 0 Å². The first-order valence-electron chi connectivity index (χ1n) is 5.16.